The van der Waals surface area contributed by atoms with Gasteiger partial charge in [-0.1, -0.05) is 0 Å². The molecule has 1 unspecified atom stereocenters. The zero-order valence-electron chi connectivity index (χ0n) is 15.4. The third-order valence-electron chi connectivity index (χ3n) is 4.75. The van der Waals surface area contributed by atoms with E-state index in [1.165, 1.54) is 12.5 Å². The van der Waals surface area contributed by atoms with Crippen molar-refractivity contribution in [2.24, 2.45) is 0 Å². The highest BCUT2D eigenvalue weighted by molar-refractivity contribution is 5.76. The first kappa shape index (κ1) is 18.7. The smallest absolute Gasteiger partial charge is 0.372 e. The topological polar surface area (TPSA) is 122 Å². The molecule has 0 amide bonds. The quantitative estimate of drug-likeness (QED) is 0.451. The molecule has 4 aromatic rings. The third kappa shape index (κ3) is 3.41. The molecule has 1 fully saturated rings. The molecule has 3 N–H and O–H groups in total. The van der Waals surface area contributed by atoms with Crippen LogP contribution in [0.3, 0.4) is 0 Å². The molecule has 5 rings (SSSR count). The fourth-order valence-corrected chi connectivity index (χ4v) is 3.33. The van der Waals surface area contributed by atoms with Crippen molar-refractivity contribution >= 4 is 5.78 Å². The van der Waals surface area contributed by atoms with Crippen LogP contribution in [0.1, 0.15) is 17.8 Å². The number of hydrogen-bond donors (Lipinski definition) is 3. The number of fused-ring (bicyclic) bond motifs is 1. The van der Waals surface area contributed by atoms with Crippen molar-refractivity contribution < 1.29 is 17.9 Å². The first-order chi connectivity index (χ1) is 14.5. The molecule has 0 spiro atoms. The van der Waals surface area contributed by atoms with E-state index in [0.717, 1.165) is 25.1 Å². The molecule has 1 aliphatic rings. The number of nitrogens with one attached hydrogen (secondary N) is 3. The van der Waals surface area contributed by atoms with E-state index in [0.29, 0.717) is 23.8 Å². The summed E-state index contributed by atoms with van der Waals surface area (Å²) in [5.74, 6) is -1.09. The number of H-pyrrole nitrogens is 2. The van der Waals surface area contributed by atoms with Gasteiger partial charge in [-0.15, -0.1) is 0 Å². The van der Waals surface area contributed by atoms with Gasteiger partial charge >= 0.3 is 6.18 Å². The van der Waals surface area contributed by atoms with Crippen LogP contribution in [0, 0.1) is 0 Å². The fraction of sp³-hybridized carbons (Fsp3) is 0.353. The van der Waals surface area contributed by atoms with Crippen molar-refractivity contribution in [2.45, 2.75) is 25.3 Å². The highest BCUT2D eigenvalue weighted by atomic mass is 19.4. The number of nitrogens with zero attached hydrogens (tertiary/aromatic N) is 6. The Labute approximate surface area is 166 Å². The second kappa shape index (κ2) is 7.18. The lowest BCUT2D eigenvalue weighted by molar-refractivity contribution is -0.144. The Kier molecular flexibility index (Phi) is 4.47. The molecule has 13 heteroatoms. The Balaban J connectivity index is 1.57. The molecule has 30 heavy (non-hydrogen) atoms. The van der Waals surface area contributed by atoms with Crippen molar-refractivity contribution in [1.29, 1.82) is 0 Å². The minimum Gasteiger partial charge on any atom is -0.372 e. The van der Waals surface area contributed by atoms with Gasteiger partial charge in [-0.05, 0) is 13.0 Å². The van der Waals surface area contributed by atoms with E-state index < -0.39 is 12.0 Å². The summed E-state index contributed by atoms with van der Waals surface area (Å²) < 4.78 is 46.4. The second-order valence-electron chi connectivity index (χ2n) is 6.84. The van der Waals surface area contributed by atoms with Crippen molar-refractivity contribution in [3.63, 3.8) is 0 Å². The average Bonchev–Trinajstić information content (AvgIpc) is 3.51. The second-order valence-corrected chi connectivity index (χ2v) is 6.84. The Morgan fingerprint density at radius 1 is 1.23 bits per heavy atom. The lowest BCUT2D eigenvalue weighted by Gasteiger charge is -2.10. The van der Waals surface area contributed by atoms with E-state index >= 15 is 0 Å². The minimum atomic E-state index is -4.64. The van der Waals surface area contributed by atoms with E-state index in [2.05, 4.69) is 35.3 Å². The van der Waals surface area contributed by atoms with Crippen LogP contribution in [0.2, 0.25) is 0 Å². The maximum absolute atomic E-state index is 13.0. The van der Waals surface area contributed by atoms with Crippen LogP contribution in [0.15, 0.2) is 24.9 Å². The number of imidazole rings is 2. The van der Waals surface area contributed by atoms with Crippen LogP contribution in [-0.4, -0.2) is 58.7 Å². The molecule has 4 aromatic heterocycles. The van der Waals surface area contributed by atoms with E-state index in [4.69, 9.17) is 4.74 Å². The van der Waals surface area contributed by atoms with Crippen molar-refractivity contribution in [3.05, 3.63) is 36.3 Å². The summed E-state index contributed by atoms with van der Waals surface area (Å²) in [5, 5.41) is 8.86. The molecule has 0 aliphatic carbocycles. The SMILES string of the molecule is FC(F)(F)c1nc(-c2nc3ncc(COC4CCNC4)cn3c2-c2cnc[nH]2)n[nH]1. The van der Waals surface area contributed by atoms with Gasteiger partial charge < -0.3 is 15.0 Å². The molecule has 1 atom stereocenters. The predicted molar refractivity (Wildman–Crippen MR) is 97.0 cm³/mol. The van der Waals surface area contributed by atoms with Gasteiger partial charge in [-0.3, -0.25) is 9.50 Å². The van der Waals surface area contributed by atoms with Gasteiger partial charge in [0.25, 0.3) is 0 Å². The molecular weight excluding hydrogens is 403 g/mol. The van der Waals surface area contributed by atoms with Gasteiger partial charge in [0.15, 0.2) is 0 Å². The summed E-state index contributed by atoms with van der Waals surface area (Å²) in [5.41, 5.74) is 1.93. The van der Waals surface area contributed by atoms with E-state index in [1.54, 1.807) is 16.8 Å². The number of aromatic nitrogens is 8. The minimum absolute atomic E-state index is 0.139. The Hall–Kier alpha value is -3.32. The summed E-state index contributed by atoms with van der Waals surface area (Å²) >= 11 is 0. The van der Waals surface area contributed by atoms with Gasteiger partial charge in [0.1, 0.15) is 11.4 Å². The van der Waals surface area contributed by atoms with Crippen LogP contribution in [0.25, 0.3) is 28.7 Å². The summed E-state index contributed by atoms with van der Waals surface area (Å²) in [6.07, 6.45) is 2.86. The largest absolute Gasteiger partial charge is 0.451 e. The Morgan fingerprint density at radius 3 is 2.83 bits per heavy atom. The summed E-state index contributed by atoms with van der Waals surface area (Å²) in [7, 11) is 0. The molecule has 0 radical (unpaired) electrons. The maximum atomic E-state index is 13.0. The highest BCUT2D eigenvalue weighted by Gasteiger charge is 2.36. The first-order valence-corrected chi connectivity index (χ1v) is 9.17. The summed E-state index contributed by atoms with van der Waals surface area (Å²) in [6, 6.07) is 0. The summed E-state index contributed by atoms with van der Waals surface area (Å²) in [4.78, 5) is 19.2. The molecule has 10 nitrogen and oxygen atoms in total. The maximum Gasteiger partial charge on any atom is 0.451 e. The highest BCUT2D eigenvalue weighted by Crippen LogP contribution is 2.32. The Bertz CT molecular complexity index is 1160. The average molecular weight is 419 g/mol. The molecule has 1 aliphatic heterocycles. The van der Waals surface area contributed by atoms with Gasteiger partial charge in [0.05, 0.1) is 30.9 Å². The molecule has 0 saturated carbocycles. The molecule has 5 heterocycles. The number of halogens is 3. The lowest BCUT2D eigenvalue weighted by atomic mass is 10.2. The van der Waals surface area contributed by atoms with Crippen LogP contribution < -0.4 is 5.32 Å². The van der Waals surface area contributed by atoms with Crippen molar-refractivity contribution in [1.82, 2.24) is 44.8 Å². The number of aromatic amines is 2. The van der Waals surface area contributed by atoms with Gasteiger partial charge in [0.2, 0.25) is 17.4 Å². The van der Waals surface area contributed by atoms with Crippen LogP contribution in [0.4, 0.5) is 13.2 Å². The molecule has 0 bridgehead atoms. The Morgan fingerprint density at radius 2 is 2.13 bits per heavy atom. The normalized spacial score (nSPS) is 17.2. The van der Waals surface area contributed by atoms with E-state index in [9.17, 15) is 13.2 Å². The van der Waals surface area contributed by atoms with Crippen LogP contribution >= 0.6 is 0 Å². The summed E-state index contributed by atoms with van der Waals surface area (Å²) in [6.45, 7) is 2.08. The van der Waals surface area contributed by atoms with E-state index in [1.807, 2.05) is 5.10 Å². The van der Waals surface area contributed by atoms with Gasteiger partial charge in [0, 0.05) is 24.5 Å². The number of hydrogen-bond acceptors (Lipinski definition) is 7. The molecular formula is C17H16F3N9O. The zero-order valence-corrected chi connectivity index (χ0v) is 15.4. The lowest BCUT2D eigenvalue weighted by Crippen LogP contribution is -2.16. The van der Waals surface area contributed by atoms with Crippen molar-refractivity contribution in [3.8, 4) is 22.9 Å². The third-order valence-corrected chi connectivity index (χ3v) is 4.75. The van der Waals surface area contributed by atoms with E-state index in [-0.39, 0.29) is 17.6 Å². The number of rotatable bonds is 5. The van der Waals surface area contributed by atoms with Crippen LogP contribution in [0.5, 0.6) is 0 Å². The fourth-order valence-electron chi connectivity index (χ4n) is 3.33. The monoisotopic (exact) mass is 419 g/mol. The molecule has 1 saturated heterocycles. The number of alkyl halides is 3. The number of ether oxygens (including phenoxy) is 1. The standard InChI is InChI=1S/C17H16F3N9O/c18-17(19,20)15-26-14(27-28-15)12-13(11-5-22-8-24-11)29-6-9(3-23-16(29)25-12)7-30-10-1-2-21-4-10/h3,5-6,8,10,21H,1-2,4,7H2,(H,22,24)(H,26,27,28). The predicted octanol–water partition coefficient (Wildman–Crippen LogP) is 1.80. The first-order valence-electron chi connectivity index (χ1n) is 9.17. The van der Waals surface area contributed by atoms with Gasteiger partial charge in [-0.25, -0.2) is 19.9 Å². The zero-order chi connectivity index (χ0) is 20.7. The van der Waals surface area contributed by atoms with Gasteiger partial charge in [-0.2, -0.15) is 18.3 Å². The molecule has 156 valence electrons. The van der Waals surface area contributed by atoms with Crippen molar-refractivity contribution in [2.75, 3.05) is 13.1 Å². The molecule has 0 aromatic carbocycles. The van der Waals surface area contributed by atoms with Crippen LogP contribution in [-0.2, 0) is 17.5 Å².